The number of carbonyl (C=O) groups is 2. The van der Waals surface area contributed by atoms with E-state index in [1.165, 1.54) is 11.1 Å². The fourth-order valence-electron chi connectivity index (χ4n) is 2.85. The van der Waals surface area contributed by atoms with Crippen molar-refractivity contribution in [2.75, 3.05) is 13.1 Å². The van der Waals surface area contributed by atoms with Gasteiger partial charge in [0.15, 0.2) is 0 Å². The van der Waals surface area contributed by atoms with Gasteiger partial charge < -0.3 is 10.2 Å². The summed E-state index contributed by atoms with van der Waals surface area (Å²) in [6, 6.07) is 8.29. The van der Waals surface area contributed by atoms with Crippen LogP contribution in [0.4, 0.5) is 4.39 Å². The van der Waals surface area contributed by atoms with Crippen LogP contribution in [0.3, 0.4) is 0 Å². The lowest BCUT2D eigenvalue weighted by molar-refractivity contribution is -0.130. The van der Waals surface area contributed by atoms with Crippen molar-refractivity contribution >= 4 is 45.3 Å². The van der Waals surface area contributed by atoms with Gasteiger partial charge in [0.1, 0.15) is 12.2 Å². The zero-order chi connectivity index (χ0) is 18.0. The van der Waals surface area contributed by atoms with Crippen molar-refractivity contribution < 1.29 is 14.0 Å². The Hall–Kier alpha value is -2.28. The minimum atomic E-state index is -1.20. The molecule has 1 N–H and O–H groups in total. The largest absolute Gasteiger partial charge is 0.343 e. The summed E-state index contributed by atoms with van der Waals surface area (Å²) in [6.07, 6.45) is 0.352. The Morgan fingerprint density at radius 1 is 1.44 bits per heavy atom. The highest BCUT2D eigenvalue weighted by Crippen LogP contribution is 2.21. The van der Waals surface area contributed by atoms with Crippen LogP contribution in [0.2, 0.25) is 0 Å². The van der Waals surface area contributed by atoms with E-state index in [-0.39, 0.29) is 19.5 Å². The van der Waals surface area contributed by atoms with Gasteiger partial charge >= 0.3 is 0 Å². The first-order valence-corrected chi connectivity index (χ1v) is 8.73. The van der Waals surface area contributed by atoms with E-state index in [4.69, 9.17) is 5.26 Å². The summed E-state index contributed by atoms with van der Waals surface area (Å²) in [7, 11) is 0. The summed E-state index contributed by atoms with van der Waals surface area (Å²) in [4.78, 5) is 30.0. The van der Waals surface area contributed by atoms with Crippen molar-refractivity contribution in [2.45, 2.75) is 18.6 Å². The molecule has 1 saturated heterocycles. The molecule has 0 spiro atoms. The molecule has 1 aliphatic rings. The zero-order valence-corrected chi connectivity index (χ0v) is 15.2. The van der Waals surface area contributed by atoms with Crippen LogP contribution in [-0.4, -0.2) is 47.0 Å². The maximum Gasteiger partial charge on any atom is 0.252 e. The van der Waals surface area contributed by atoms with Crippen molar-refractivity contribution in [1.29, 1.82) is 5.26 Å². The Balaban J connectivity index is 1.72. The molecule has 0 aliphatic carbocycles. The molecule has 2 heterocycles. The number of likely N-dealkylation sites (tertiary alicyclic amines) is 1. The number of hydrogen-bond donors (Lipinski definition) is 1. The van der Waals surface area contributed by atoms with Crippen LogP contribution in [0.15, 0.2) is 30.5 Å². The fourth-order valence-corrected chi connectivity index (χ4v) is 3.34. The quantitative estimate of drug-likeness (QED) is 0.723. The second kappa shape index (κ2) is 7.31. The maximum absolute atomic E-state index is 13.4. The second-order valence-electron chi connectivity index (χ2n) is 5.73. The van der Waals surface area contributed by atoms with Crippen molar-refractivity contribution in [3.8, 4) is 6.07 Å². The van der Waals surface area contributed by atoms with Gasteiger partial charge in [-0.3, -0.25) is 14.6 Å². The number of aromatic nitrogens is 1. The van der Waals surface area contributed by atoms with Crippen LogP contribution >= 0.6 is 22.6 Å². The summed E-state index contributed by atoms with van der Waals surface area (Å²) in [5.41, 5.74) is 1.10. The number of nitrogens with zero attached hydrogens (tertiary/aromatic N) is 3. The molecule has 3 rings (SSSR count). The van der Waals surface area contributed by atoms with Gasteiger partial charge in [0.2, 0.25) is 5.91 Å². The van der Waals surface area contributed by atoms with Gasteiger partial charge in [-0.1, -0.05) is 0 Å². The minimum Gasteiger partial charge on any atom is -0.343 e. The maximum atomic E-state index is 13.4. The predicted octanol–water partition coefficient (Wildman–Crippen LogP) is 2.03. The van der Waals surface area contributed by atoms with Crippen LogP contribution < -0.4 is 5.32 Å². The standard InChI is InChI=1S/C17H14FIN4O2/c18-10-5-12(7-20)23(9-10)16(24)8-22-17(25)13-3-4-21-15-2-1-11(19)6-14(13)15/h1-4,6,10,12H,5,8-9H2,(H,22,25)/t10?,12-/m0/s1. The van der Waals surface area contributed by atoms with Crippen LogP contribution in [0.1, 0.15) is 16.8 Å². The number of hydrogen-bond acceptors (Lipinski definition) is 4. The number of nitrogens with one attached hydrogen (secondary N) is 1. The third kappa shape index (κ3) is 3.71. The summed E-state index contributed by atoms with van der Waals surface area (Å²) < 4.78 is 14.4. The molecule has 1 fully saturated rings. The first-order chi connectivity index (χ1) is 12.0. The van der Waals surface area contributed by atoms with Crippen molar-refractivity contribution in [3.63, 3.8) is 0 Å². The predicted molar refractivity (Wildman–Crippen MR) is 97.4 cm³/mol. The van der Waals surface area contributed by atoms with Gasteiger partial charge in [-0.15, -0.1) is 0 Å². The van der Waals surface area contributed by atoms with Crippen LogP contribution in [0.5, 0.6) is 0 Å². The Kier molecular flexibility index (Phi) is 5.13. The van der Waals surface area contributed by atoms with E-state index in [1.807, 2.05) is 24.3 Å². The molecule has 8 heteroatoms. The number of amides is 2. The fraction of sp³-hybridized carbons (Fsp3) is 0.294. The highest BCUT2D eigenvalue weighted by atomic mass is 127. The van der Waals surface area contributed by atoms with Gasteiger partial charge in [-0.2, -0.15) is 5.26 Å². The minimum absolute atomic E-state index is 0.0175. The molecule has 1 unspecified atom stereocenters. The number of alkyl halides is 1. The molecule has 1 aliphatic heterocycles. The monoisotopic (exact) mass is 452 g/mol. The first-order valence-electron chi connectivity index (χ1n) is 7.65. The Bertz CT molecular complexity index is 883. The first kappa shape index (κ1) is 17.5. The molecule has 0 bridgehead atoms. The number of fused-ring (bicyclic) bond motifs is 1. The van der Waals surface area contributed by atoms with Gasteiger partial charge in [0.05, 0.1) is 30.2 Å². The Labute approximate surface area is 157 Å². The van der Waals surface area contributed by atoms with E-state index < -0.39 is 24.0 Å². The number of carbonyl (C=O) groups excluding carboxylic acids is 2. The highest BCUT2D eigenvalue weighted by molar-refractivity contribution is 14.1. The number of nitriles is 1. The molecule has 0 radical (unpaired) electrons. The third-order valence-corrected chi connectivity index (χ3v) is 4.74. The smallest absolute Gasteiger partial charge is 0.252 e. The van der Waals surface area contributed by atoms with Crippen molar-refractivity contribution in [3.05, 3.63) is 39.6 Å². The van der Waals surface area contributed by atoms with E-state index in [1.54, 1.807) is 6.07 Å². The Morgan fingerprint density at radius 2 is 2.24 bits per heavy atom. The lowest BCUT2D eigenvalue weighted by atomic mass is 10.1. The van der Waals surface area contributed by atoms with Crippen LogP contribution in [-0.2, 0) is 4.79 Å². The van der Waals surface area contributed by atoms with Gasteiger partial charge in [-0.05, 0) is 46.9 Å². The normalized spacial score (nSPS) is 19.6. The average molecular weight is 452 g/mol. The molecule has 2 aromatic rings. The van der Waals surface area contributed by atoms with E-state index in [0.29, 0.717) is 16.5 Å². The molecule has 128 valence electrons. The lowest BCUT2D eigenvalue weighted by Gasteiger charge is -2.19. The van der Waals surface area contributed by atoms with E-state index in [9.17, 15) is 14.0 Å². The van der Waals surface area contributed by atoms with Gasteiger partial charge in [-0.25, -0.2) is 4.39 Å². The van der Waals surface area contributed by atoms with Crippen molar-refractivity contribution in [1.82, 2.24) is 15.2 Å². The highest BCUT2D eigenvalue weighted by Gasteiger charge is 2.35. The molecule has 0 saturated carbocycles. The molecule has 2 atom stereocenters. The summed E-state index contributed by atoms with van der Waals surface area (Å²) in [5, 5.41) is 12.2. The van der Waals surface area contributed by atoms with E-state index >= 15 is 0 Å². The van der Waals surface area contributed by atoms with E-state index in [0.717, 1.165) is 3.57 Å². The second-order valence-corrected chi connectivity index (χ2v) is 6.97. The molecule has 25 heavy (non-hydrogen) atoms. The molecule has 6 nitrogen and oxygen atoms in total. The summed E-state index contributed by atoms with van der Waals surface area (Å²) in [6.45, 7) is -0.388. The number of rotatable bonds is 3. The van der Waals surface area contributed by atoms with Gasteiger partial charge in [0, 0.05) is 21.6 Å². The Morgan fingerprint density at radius 3 is 3.00 bits per heavy atom. The molecule has 2 amide bonds. The molecule has 1 aromatic heterocycles. The lowest BCUT2D eigenvalue weighted by Crippen LogP contribution is -2.42. The van der Waals surface area contributed by atoms with Crippen LogP contribution in [0, 0.1) is 14.9 Å². The number of pyridine rings is 1. The third-order valence-electron chi connectivity index (χ3n) is 4.07. The van der Waals surface area contributed by atoms with E-state index in [2.05, 4.69) is 32.9 Å². The average Bonchev–Trinajstić information content (AvgIpc) is 2.99. The molecule has 1 aromatic carbocycles. The van der Waals surface area contributed by atoms with Crippen LogP contribution in [0.25, 0.3) is 10.9 Å². The van der Waals surface area contributed by atoms with Crippen molar-refractivity contribution in [2.24, 2.45) is 0 Å². The zero-order valence-electron chi connectivity index (χ0n) is 13.1. The number of benzene rings is 1. The summed E-state index contributed by atoms with van der Waals surface area (Å²) in [5.74, 6) is -0.875. The summed E-state index contributed by atoms with van der Waals surface area (Å²) >= 11 is 2.15. The van der Waals surface area contributed by atoms with Gasteiger partial charge in [0.25, 0.3) is 5.91 Å². The molecular weight excluding hydrogens is 438 g/mol. The number of halogens is 2. The SMILES string of the molecule is N#C[C@@H]1CC(F)CN1C(=O)CNC(=O)c1ccnc2ccc(I)cc12. The topological polar surface area (TPSA) is 86.1 Å². The molecular formula is C17H14FIN4O2.